The molecule has 0 saturated carbocycles. The number of ether oxygens (including phenoxy) is 1. The van der Waals surface area contributed by atoms with E-state index in [1.807, 2.05) is 0 Å². The molecule has 0 aliphatic rings. The van der Waals surface area contributed by atoms with Crippen molar-refractivity contribution in [1.82, 2.24) is 0 Å². The second kappa shape index (κ2) is 11.5. The maximum Gasteiger partial charge on any atom is 0.137 e. The molecule has 0 aliphatic heterocycles. The topological polar surface area (TPSA) is 9.23 Å². The third-order valence-corrected chi connectivity index (χ3v) is 4.27. The Morgan fingerprint density at radius 2 is 1.35 bits per heavy atom. The Labute approximate surface area is 144 Å². The predicted octanol–water partition coefficient (Wildman–Crippen LogP) is 5.45. The zero-order valence-corrected chi connectivity index (χ0v) is 15.9. The van der Waals surface area contributed by atoms with E-state index in [0.717, 1.165) is 23.4 Å². The first-order chi connectivity index (χ1) is 11.0. The van der Waals surface area contributed by atoms with Crippen LogP contribution in [0.1, 0.15) is 63.9 Å². The van der Waals surface area contributed by atoms with Crippen molar-refractivity contribution >= 4 is 0 Å². The first-order valence-corrected chi connectivity index (χ1v) is 9.53. The zero-order valence-electron chi connectivity index (χ0n) is 15.9. The molecule has 0 spiro atoms. The predicted molar refractivity (Wildman–Crippen MR) is 101 cm³/mol. The summed E-state index contributed by atoms with van der Waals surface area (Å²) in [6.45, 7) is 4.08. The lowest BCUT2D eigenvalue weighted by Crippen LogP contribution is -2.38. The molecule has 0 fully saturated rings. The van der Waals surface area contributed by atoms with Gasteiger partial charge in [0.25, 0.3) is 0 Å². The van der Waals surface area contributed by atoms with Gasteiger partial charge in [0.05, 0.1) is 21.1 Å². The number of benzene rings is 1. The maximum absolute atomic E-state index is 5.81. The van der Waals surface area contributed by atoms with Gasteiger partial charge in [0.1, 0.15) is 18.9 Å². The summed E-state index contributed by atoms with van der Waals surface area (Å²) in [7, 11) is 6.57. The second-order valence-corrected chi connectivity index (χ2v) is 7.73. The van der Waals surface area contributed by atoms with Crippen molar-refractivity contribution in [3.63, 3.8) is 0 Å². The third-order valence-electron chi connectivity index (χ3n) is 4.27. The van der Waals surface area contributed by atoms with Gasteiger partial charge in [-0.3, -0.25) is 0 Å². The number of likely N-dealkylation sites (N-methyl/N-ethyl adjacent to an activating group) is 1. The van der Waals surface area contributed by atoms with E-state index in [4.69, 9.17) is 4.74 Å². The Balaban J connectivity index is 2.09. The van der Waals surface area contributed by atoms with Crippen LogP contribution in [0.4, 0.5) is 0 Å². The summed E-state index contributed by atoms with van der Waals surface area (Å²) >= 11 is 0. The van der Waals surface area contributed by atoms with Crippen LogP contribution in [0.5, 0.6) is 5.75 Å². The highest BCUT2D eigenvalue weighted by Crippen LogP contribution is 2.15. The van der Waals surface area contributed by atoms with Crippen molar-refractivity contribution in [1.29, 1.82) is 0 Å². The van der Waals surface area contributed by atoms with Gasteiger partial charge in [0, 0.05) is 0 Å². The fourth-order valence-electron chi connectivity index (χ4n) is 2.65. The molecule has 0 radical (unpaired) electrons. The number of hydrogen-bond acceptors (Lipinski definition) is 1. The van der Waals surface area contributed by atoms with E-state index < -0.39 is 0 Å². The van der Waals surface area contributed by atoms with E-state index >= 15 is 0 Å². The molecule has 0 N–H and O–H groups in total. The van der Waals surface area contributed by atoms with Crippen LogP contribution in [0.3, 0.4) is 0 Å². The van der Waals surface area contributed by atoms with E-state index in [9.17, 15) is 0 Å². The van der Waals surface area contributed by atoms with Crippen molar-refractivity contribution < 1.29 is 9.22 Å². The van der Waals surface area contributed by atoms with E-state index in [2.05, 4.69) is 52.3 Å². The van der Waals surface area contributed by atoms with Gasteiger partial charge in [0.2, 0.25) is 0 Å². The summed E-state index contributed by atoms with van der Waals surface area (Å²) in [6, 6.07) is 8.69. The van der Waals surface area contributed by atoms with Gasteiger partial charge >= 0.3 is 0 Å². The molecule has 2 nitrogen and oxygen atoms in total. The Bertz CT molecular complexity index is 391. The maximum atomic E-state index is 5.81. The fraction of sp³-hybridized carbons (Fsp3) is 0.714. The molecule has 1 aromatic carbocycles. The molecule has 0 aliphatic carbocycles. The standard InChI is InChI=1S/C21H38NO/c1-5-6-7-8-9-10-11-12-13-20-14-16-21(17-15-20)23-19-18-22(2,3)4/h14-17H,5-13,18-19H2,1-4H3/q+1. The molecule has 0 unspecified atom stereocenters. The Morgan fingerprint density at radius 1 is 0.783 bits per heavy atom. The normalized spacial score (nSPS) is 11.7. The third kappa shape index (κ3) is 11.2. The largest absolute Gasteiger partial charge is 0.488 e. The number of unbranched alkanes of at least 4 members (excludes halogenated alkanes) is 7. The number of nitrogens with zero attached hydrogens (tertiary/aromatic N) is 1. The van der Waals surface area contributed by atoms with Crippen LogP contribution in [0, 0.1) is 0 Å². The highest BCUT2D eigenvalue weighted by molar-refractivity contribution is 5.27. The van der Waals surface area contributed by atoms with Crippen molar-refractivity contribution in [2.45, 2.75) is 64.7 Å². The zero-order chi connectivity index (χ0) is 17.0. The van der Waals surface area contributed by atoms with Gasteiger partial charge in [-0.05, 0) is 30.5 Å². The van der Waals surface area contributed by atoms with Crippen molar-refractivity contribution in [3.8, 4) is 5.75 Å². The van der Waals surface area contributed by atoms with Gasteiger partial charge in [-0.2, -0.15) is 0 Å². The van der Waals surface area contributed by atoms with Gasteiger partial charge in [-0.1, -0.05) is 64.0 Å². The molecule has 132 valence electrons. The van der Waals surface area contributed by atoms with E-state index in [0.29, 0.717) is 0 Å². The smallest absolute Gasteiger partial charge is 0.137 e. The molecule has 0 atom stereocenters. The summed E-state index contributed by atoms with van der Waals surface area (Å²) in [5.74, 6) is 0.998. The molecule has 23 heavy (non-hydrogen) atoms. The van der Waals surface area contributed by atoms with Gasteiger partial charge in [0.15, 0.2) is 0 Å². The summed E-state index contributed by atoms with van der Waals surface area (Å²) in [4.78, 5) is 0. The minimum atomic E-state index is 0.779. The van der Waals surface area contributed by atoms with Crippen LogP contribution in [-0.4, -0.2) is 38.8 Å². The molecule has 1 rings (SSSR count). The van der Waals surface area contributed by atoms with E-state index in [1.165, 1.54) is 63.4 Å². The van der Waals surface area contributed by atoms with Crippen molar-refractivity contribution in [2.24, 2.45) is 0 Å². The van der Waals surface area contributed by atoms with Crippen LogP contribution < -0.4 is 4.74 Å². The van der Waals surface area contributed by atoms with E-state index in [-0.39, 0.29) is 0 Å². The molecular formula is C21H38NO+. The van der Waals surface area contributed by atoms with E-state index in [1.54, 1.807) is 0 Å². The number of quaternary nitrogens is 1. The van der Waals surface area contributed by atoms with Gasteiger partial charge in [-0.15, -0.1) is 0 Å². The second-order valence-electron chi connectivity index (χ2n) is 7.73. The molecule has 0 heterocycles. The monoisotopic (exact) mass is 320 g/mol. The molecule has 1 aromatic rings. The van der Waals surface area contributed by atoms with Crippen LogP contribution in [-0.2, 0) is 6.42 Å². The fourth-order valence-corrected chi connectivity index (χ4v) is 2.65. The van der Waals surface area contributed by atoms with Crippen molar-refractivity contribution in [2.75, 3.05) is 34.3 Å². The lowest BCUT2D eigenvalue weighted by atomic mass is 10.0. The highest BCUT2D eigenvalue weighted by Gasteiger charge is 2.06. The summed E-state index contributed by atoms with van der Waals surface area (Å²) in [5.41, 5.74) is 1.44. The van der Waals surface area contributed by atoms with Crippen LogP contribution >= 0.6 is 0 Å². The first kappa shape index (κ1) is 20.0. The van der Waals surface area contributed by atoms with Crippen LogP contribution in [0.25, 0.3) is 0 Å². The highest BCUT2D eigenvalue weighted by atomic mass is 16.5. The first-order valence-electron chi connectivity index (χ1n) is 9.53. The van der Waals surface area contributed by atoms with Crippen LogP contribution in [0.2, 0.25) is 0 Å². The summed E-state index contributed by atoms with van der Waals surface area (Å²) in [5, 5.41) is 0. The lowest BCUT2D eigenvalue weighted by Gasteiger charge is -2.23. The Kier molecular flexibility index (Phi) is 10.0. The number of rotatable bonds is 13. The molecule has 0 amide bonds. The molecule has 0 saturated heterocycles. The Hall–Kier alpha value is -1.02. The number of hydrogen-bond donors (Lipinski definition) is 0. The average Bonchev–Trinajstić information content (AvgIpc) is 2.50. The molecule has 0 bridgehead atoms. The molecule has 2 heteroatoms. The van der Waals surface area contributed by atoms with Gasteiger partial charge in [-0.25, -0.2) is 0 Å². The Morgan fingerprint density at radius 3 is 1.91 bits per heavy atom. The number of aryl methyl sites for hydroxylation is 1. The molecular weight excluding hydrogens is 282 g/mol. The lowest BCUT2D eigenvalue weighted by molar-refractivity contribution is -0.870. The summed E-state index contributed by atoms with van der Waals surface area (Å²) in [6.07, 6.45) is 12.3. The van der Waals surface area contributed by atoms with Crippen LogP contribution in [0.15, 0.2) is 24.3 Å². The SMILES string of the molecule is CCCCCCCCCCc1ccc(OCC[N+](C)(C)C)cc1. The average molecular weight is 321 g/mol. The minimum Gasteiger partial charge on any atom is -0.488 e. The quantitative estimate of drug-likeness (QED) is 0.346. The summed E-state index contributed by atoms with van der Waals surface area (Å²) < 4.78 is 6.75. The molecule has 0 aromatic heterocycles. The van der Waals surface area contributed by atoms with Gasteiger partial charge < -0.3 is 9.22 Å². The minimum absolute atomic E-state index is 0.779. The van der Waals surface area contributed by atoms with Crippen molar-refractivity contribution in [3.05, 3.63) is 29.8 Å².